The van der Waals surface area contributed by atoms with E-state index in [-0.39, 0.29) is 11.4 Å². The van der Waals surface area contributed by atoms with Gasteiger partial charge in [-0.25, -0.2) is 4.79 Å². The molecule has 0 bridgehead atoms. The van der Waals surface area contributed by atoms with Crippen LogP contribution in [0.2, 0.25) is 0 Å². The monoisotopic (exact) mass is 389 g/mol. The molecule has 2 fully saturated rings. The number of anilines is 1. The Morgan fingerprint density at radius 1 is 1.07 bits per heavy atom. The van der Waals surface area contributed by atoms with Gasteiger partial charge in [0.2, 0.25) is 0 Å². The normalized spacial score (nSPS) is 22.3. The Balaban J connectivity index is 1.64. The maximum absolute atomic E-state index is 13.0. The SMILES string of the molecule is CC(C)(C)c1ccc(NC(=O)N2CCCSCC2CN2CCCCC2)cc1. The fourth-order valence-corrected chi connectivity index (χ4v) is 4.99. The predicted octanol–water partition coefficient (Wildman–Crippen LogP) is 4.81. The maximum Gasteiger partial charge on any atom is 0.322 e. The topological polar surface area (TPSA) is 35.6 Å². The lowest BCUT2D eigenvalue weighted by atomic mass is 9.87. The molecule has 2 saturated heterocycles. The van der Waals surface area contributed by atoms with E-state index in [9.17, 15) is 4.79 Å². The highest BCUT2D eigenvalue weighted by Crippen LogP contribution is 2.24. The van der Waals surface area contributed by atoms with Gasteiger partial charge in [0.05, 0.1) is 6.04 Å². The van der Waals surface area contributed by atoms with Crippen molar-refractivity contribution in [3.63, 3.8) is 0 Å². The van der Waals surface area contributed by atoms with E-state index >= 15 is 0 Å². The zero-order valence-electron chi connectivity index (χ0n) is 17.2. The summed E-state index contributed by atoms with van der Waals surface area (Å²) in [5.41, 5.74) is 2.31. The number of hydrogen-bond donors (Lipinski definition) is 1. The summed E-state index contributed by atoms with van der Waals surface area (Å²) in [5.74, 6) is 2.20. The second-order valence-electron chi connectivity index (χ2n) is 8.89. The maximum atomic E-state index is 13.0. The molecule has 0 aliphatic carbocycles. The van der Waals surface area contributed by atoms with Crippen molar-refractivity contribution in [2.75, 3.05) is 43.0 Å². The van der Waals surface area contributed by atoms with Gasteiger partial charge in [-0.05, 0) is 61.2 Å². The van der Waals surface area contributed by atoms with Crippen LogP contribution < -0.4 is 5.32 Å². The third-order valence-electron chi connectivity index (χ3n) is 5.62. The van der Waals surface area contributed by atoms with Crippen LogP contribution in [0.4, 0.5) is 10.5 Å². The van der Waals surface area contributed by atoms with Gasteiger partial charge in [0.25, 0.3) is 0 Å². The van der Waals surface area contributed by atoms with Gasteiger partial charge in [-0.15, -0.1) is 0 Å². The molecule has 2 amide bonds. The van der Waals surface area contributed by atoms with Crippen LogP contribution >= 0.6 is 11.8 Å². The Hall–Kier alpha value is -1.20. The van der Waals surface area contributed by atoms with E-state index in [0.29, 0.717) is 6.04 Å². The number of piperidine rings is 1. The number of carbonyl (C=O) groups is 1. The highest BCUT2D eigenvalue weighted by Gasteiger charge is 2.28. The fourth-order valence-electron chi connectivity index (χ4n) is 3.94. The van der Waals surface area contributed by atoms with E-state index in [4.69, 9.17) is 0 Å². The molecule has 2 aliphatic heterocycles. The number of nitrogens with one attached hydrogen (secondary N) is 1. The van der Waals surface area contributed by atoms with E-state index in [1.54, 1.807) is 0 Å². The molecule has 0 radical (unpaired) electrons. The smallest absolute Gasteiger partial charge is 0.319 e. The molecule has 2 heterocycles. The number of thioether (sulfide) groups is 1. The van der Waals surface area contributed by atoms with E-state index < -0.39 is 0 Å². The first-order valence-electron chi connectivity index (χ1n) is 10.4. The second kappa shape index (κ2) is 9.33. The summed E-state index contributed by atoms with van der Waals surface area (Å²) in [7, 11) is 0. The van der Waals surface area contributed by atoms with Crippen molar-refractivity contribution < 1.29 is 4.79 Å². The molecule has 0 aromatic heterocycles. The number of hydrogen-bond acceptors (Lipinski definition) is 3. The molecule has 1 aromatic rings. The number of likely N-dealkylation sites (tertiary alicyclic amines) is 1. The van der Waals surface area contributed by atoms with Crippen molar-refractivity contribution in [2.45, 2.75) is 57.9 Å². The van der Waals surface area contributed by atoms with Crippen molar-refractivity contribution in [3.05, 3.63) is 29.8 Å². The van der Waals surface area contributed by atoms with Crippen molar-refractivity contribution in [3.8, 4) is 0 Å². The van der Waals surface area contributed by atoms with Gasteiger partial charge in [-0.3, -0.25) is 0 Å². The average Bonchev–Trinajstić information content (AvgIpc) is 2.88. The second-order valence-corrected chi connectivity index (χ2v) is 10.0. The summed E-state index contributed by atoms with van der Waals surface area (Å²) >= 11 is 2.00. The number of urea groups is 1. The molecule has 27 heavy (non-hydrogen) atoms. The summed E-state index contributed by atoms with van der Waals surface area (Å²) in [5, 5.41) is 3.14. The molecule has 150 valence electrons. The molecule has 3 rings (SSSR count). The predicted molar refractivity (Wildman–Crippen MR) is 117 cm³/mol. The number of rotatable bonds is 3. The summed E-state index contributed by atoms with van der Waals surface area (Å²) < 4.78 is 0. The number of amides is 2. The van der Waals surface area contributed by atoms with Crippen LogP contribution in [0.3, 0.4) is 0 Å². The van der Waals surface area contributed by atoms with Crippen LogP contribution in [0.25, 0.3) is 0 Å². The Bertz CT molecular complexity index is 605. The summed E-state index contributed by atoms with van der Waals surface area (Å²) in [6.07, 6.45) is 5.03. The standard InChI is InChI=1S/C22H35N3OS/c1-22(2,3)18-8-10-19(11-9-18)23-21(26)25-14-7-15-27-17-20(25)16-24-12-5-4-6-13-24/h8-11,20H,4-7,12-17H2,1-3H3,(H,23,26). The zero-order valence-corrected chi connectivity index (χ0v) is 18.0. The Kier molecular flexibility index (Phi) is 7.10. The molecule has 1 N–H and O–H groups in total. The Morgan fingerprint density at radius 3 is 2.44 bits per heavy atom. The third kappa shape index (κ3) is 5.89. The average molecular weight is 390 g/mol. The van der Waals surface area contributed by atoms with Gasteiger partial charge in [0.15, 0.2) is 0 Å². The van der Waals surface area contributed by atoms with Gasteiger partial charge in [-0.2, -0.15) is 11.8 Å². The lowest BCUT2D eigenvalue weighted by Crippen LogP contribution is -2.50. The van der Waals surface area contributed by atoms with Crippen LogP contribution in [0.5, 0.6) is 0 Å². The first-order valence-corrected chi connectivity index (χ1v) is 11.6. The lowest BCUT2D eigenvalue weighted by molar-refractivity contribution is 0.151. The minimum Gasteiger partial charge on any atom is -0.319 e. The van der Waals surface area contributed by atoms with Crippen molar-refractivity contribution in [2.24, 2.45) is 0 Å². The first kappa shape index (κ1) is 20.5. The molecule has 2 aliphatic rings. The van der Waals surface area contributed by atoms with Crippen LogP contribution in [0, 0.1) is 0 Å². The van der Waals surface area contributed by atoms with Gasteiger partial charge >= 0.3 is 6.03 Å². The molecule has 0 spiro atoms. The minimum atomic E-state index is 0.0584. The molecule has 0 saturated carbocycles. The van der Waals surface area contributed by atoms with Gasteiger partial charge in [0, 0.05) is 24.5 Å². The van der Waals surface area contributed by atoms with Crippen LogP contribution in [0.15, 0.2) is 24.3 Å². The van der Waals surface area contributed by atoms with Crippen LogP contribution in [-0.4, -0.2) is 59.6 Å². The molecule has 4 nitrogen and oxygen atoms in total. The molecular formula is C22H35N3OS. The molecule has 1 atom stereocenters. The largest absolute Gasteiger partial charge is 0.322 e. The number of benzene rings is 1. The van der Waals surface area contributed by atoms with E-state index in [1.165, 1.54) is 37.9 Å². The van der Waals surface area contributed by atoms with Crippen molar-refractivity contribution in [1.29, 1.82) is 0 Å². The molecule has 5 heteroatoms. The Labute approximate surface area is 169 Å². The Morgan fingerprint density at radius 2 is 1.78 bits per heavy atom. The number of nitrogens with zero attached hydrogens (tertiary/aromatic N) is 2. The van der Waals surface area contributed by atoms with Crippen LogP contribution in [0.1, 0.15) is 52.0 Å². The van der Waals surface area contributed by atoms with Crippen molar-refractivity contribution >= 4 is 23.5 Å². The zero-order chi connectivity index (χ0) is 19.3. The van der Waals surface area contributed by atoms with E-state index in [0.717, 1.165) is 36.7 Å². The third-order valence-corrected chi connectivity index (χ3v) is 6.82. The van der Waals surface area contributed by atoms with Crippen LogP contribution in [-0.2, 0) is 5.41 Å². The quantitative estimate of drug-likeness (QED) is 0.806. The van der Waals surface area contributed by atoms with Crippen molar-refractivity contribution in [1.82, 2.24) is 9.80 Å². The highest BCUT2D eigenvalue weighted by atomic mass is 32.2. The first-order chi connectivity index (χ1) is 12.9. The fraction of sp³-hybridized carbons (Fsp3) is 0.682. The molecule has 1 aromatic carbocycles. The molecular weight excluding hydrogens is 354 g/mol. The van der Waals surface area contributed by atoms with Gasteiger partial charge < -0.3 is 15.1 Å². The van der Waals surface area contributed by atoms with E-state index in [2.05, 4.69) is 48.0 Å². The minimum absolute atomic E-state index is 0.0584. The lowest BCUT2D eigenvalue weighted by Gasteiger charge is -2.35. The van der Waals surface area contributed by atoms with E-state index in [1.807, 2.05) is 23.9 Å². The number of carbonyl (C=O) groups excluding carboxylic acids is 1. The summed E-state index contributed by atoms with van der Waals surface area (Å²) in [6, 6.07) is 8.68. The highest BCUT2D eigenvalue weighted by molar-refractivity contribution is 7.99. The van der Waals surface area contributed by atoms with Gasteiger partial charge in [0.1, 0.15) is 0 Å². The molecule has 1 unspecified atom stereocenters. The summed E-state index contributed by atoms with van der Waals surface area (Å²) in [6.45, 7) is 10.9. The summed E-state index contributed by atoms with van der Waals surface area (Å²) in [4.78, 5) is 17.7. The van der Waals surface area contributed by atoms with Gasteiger partial charge in [-0.1, -0.05) is 39.3 Å².